The second kappa shape index (κ2) is 9.34. The molecule has 0 unspecified atom stereocenters. The Labute approximate surface area is 122 Å². The normalized spacial score (nSPS) is 10.4. The number of nitrogens with one attached hydrogen (secondary N) is 1. The van der Waals surface area contributed by atoms with E-state index in [-0.39, 0.29) is 0 Å². The molecule has 0 fully saturated rings. The number of hydrogen-bond donors (Lipinski definition) is 1. The fourth-order valence-corrected chi connectivity index (χ4v) is 1.75. The second-order valence-electron chi connectivity index (χ2n) is 4.53. The van der Waals surface area contributed by atoms with E-state index in [4.69, 9.17) is 4.74 Å². The molecular weight excluding hydrogens is 254 g/mol. The van der Waals surface area contributed by atoms with Gasteiger partial charge in [0.15, 0.2) is 0 Å². The Bertz CT molecular complexity index is 386. The molecule has 6 nitrogen and oxygen atoms in total. The summed E-state index contributed by atoms with van der Waals surface area (Å²) in [6.45, 7) is 11.6. The summed E-state index contributed by atoms with van der Waals surface area (Å²) in [5, 5.41) is 3.20. The number of nitrogens with zero attached hydrogens (tertiary/aromatic N) is 4. The smallest absolute Gasteiger partial charge is 0.323 e. The maximum Gasteiger partial charge on any atom is 0.323 e. The van der Waals surface area contributed by atoms with Gasteiger partial charge in [0, 0.05) is 19.6 Å². The Morgan fingerprint density at radius 1 is 1.05 bits per heavy atom. The monoisotopic (exact) mass is 281 g/mol. The van der Waals surface area contributed by atoms with Crippen LogP contribution < -0.4 is 15.0 Å². The van der Waals surface area contributed by atoms with Crippen molar-refractivity contribution in [2.24, 2.45) is 0 Å². The predicted molar refractivity (Wildman–Crippen MR) is 82.6 cm³/mol. The van der Waals surface area contributed by atoms with Crippen molar-refractivity contribution in [1.29, 1.82) is 0 Å². The molecule has 114 valence electrons. The summed E-state index contributed by atoms with van der Waals surface area (Å²) in [5.41, 5.74) is 0. The van der Waals surface area contributed by atoms with Crippen LogP contribution in [-0.4, -0.2) is 41.2 Å². The van der Waals surface area contributed by atoms with Crippen LogP contribution in [0.15, 0.2) is 0 Å². The molecule has 0 aromatic carbocycles. The van der Waals surface area contributed by atoms with Crippen LogP contribution in [0.25, 0.3) is 0 Å². The maximum atomic E-state index is 5.44. The number of hydrogen-bond acceptors (Lipinski definition) is 6. The molecule has 1 rings (SSSR count). The van der Waals surface area contributed by atoms with Gasteiger partial charge in [-0.05, 0) is 26.7 Å². The van der Waals surface area contributed by atoms with Gasteiger partial charge in [-0.1, -0.05) is 20.3 Å². The van der Waals surface area contributed by atoms with Crippen molar-refractivity contribution in [3.05, 3.63) is 0 Å². The van der Waals surface area contributed by atoms with Crippen LogP contribution in [0.4, 0.5) is 11.9 Å². The van der Waals surface area contributed by atoms with E-state index in [2.05, 4.69) is 45.9 Å². The van der Waals surface area contributed by atoms with Crippen LogP contribution in [-0.2, 0) is 0 Å². The molecule has 1 N–H and O–H groups in total. The third-order valence-electron chi connectivity index (χ3n) is 2.86. The van der Waals surface area contributed by atoms with Crippen molar-refractivity contribution >= 4 is 11.9 Å². The number of anilines is 2. The number of ether oxygens (including phenoxy) is 1. The lowest BCUT2D eigenvalue weighted by Gasteiger charge is -2.21. The van der Waals surface area contributed by atoms with Gasteiger partial charge in [0.05, 0.1) is 6.61 Å². The van der Waals surface area contributed by atoms with Gasteiger partial charge in [-0.2, -0.15) is 15.0 Å². The van der Waals surface area contributed by atoms with Gasteiger partial charge in [0.1, 0.15) is 0 Å². The molecule has 0 saturated heterocycles. The van der Waals surface area contributed by atoms with Crippen LogP contribution in [0.5, 0.6) is 6.01 Å². The fraction of sp³-hybridized carbons (Fsp3) is 0.786. The molecular formula is C14H27N5O. The van der Waals surface area contributed by atoms with Gasteiger partial charge >= 0.3 is 6.01 Å². The Hall–Kier alpha value is -1.59. The van der Waals surface area contributed by atoms with Crippen LogP contribution in [0.2, 0.25) is 0 Å². The molecule has 1 aromatic heterocycles. The van der Waals surface area contributed by atoms with E-state index in [1.54, 1.807) is 0 Å². The fourth-order valence-electron chi connectivity index (χ4n) is 1.75. The van der Waals surface area contributed by atoms with Crippen LogP contribution in [0, 0.1) is 0 Å². The van der Waals surface area contributed by atoms with Gasteiger partial charge in [-0.3, -0.25) is 0 Å². The first kappa shape index (κ1) is 16.5. The Morgan fingerprint density at radius 3 is 2.45 bits per heavy atom. The highest BCUT2D eigenvalue weighted by Gasteiger charge is 2.12. The van der Waals surface area contributed by atoms with Gasteiger partial charge < -0.3 is 15.0 Å². The van der Waals surface area contributed by atoms with Crippen LogP contribution in [0.3, 0.4) is 0 Å². The molecule has 0 bridgehead atoms. The summed E-state index contributed by atoms with van der Waals surface area (Å²) in [5.74, 6) is 1.29. The molecule has 1 aromatic rings. The van der Waals surface area contributed by atoms with E-state index >= 15 is 0 Å². The van der Waals surface area contributed by atoms with E-state index in [1.807, 2.05) is 6.92 Å². The highest BCUT2D eigenvalue weighted by Crippen LogP contribution is 2.15. The summed E-state index contributed by atoms with van der Waals surface area (Å²) in [7, 11) is 0. The Kier molecular flexibility index (Phi) is 7.69. The van der Waals surface area contributed by atoms with Crippen molar-refractivity contribution in [2.45, 2.75) is 47.0 Å². The van der Waals surface area contributed by atoms with Gasteiger partial charge in [0.2, 0.25) is 11.9 Å². The minimum Gasteiger partial charge on any atom is -0.464 e. The second-order valence-corrected chi connectivity index (χ2v) is 4.53. The molecule has 0 atom stereocenters. The van der Waals surface area contributed by atoms with E-state index < -0.39 is 0 Å². The molecule has 20 heavy (non-hydrogen) atoms. The highest BCUT2D eigenvalue weighted by molar-refractivity contribution is 5.38. The zero-order valence-electron chi connectivity index (χ0n) is 13.1. The van der Waals surface area contributed by atoms with Crippen molar-refractivity contribution in [1.82, 2.24) is 15.0 Å². The quantitative estimate of drug-likeness (QED) is 0.711. The number of rotatable bonds is 10. The van der Waals surface area contributed by atoms with E-state index in [9.17, 15) is 0 Å². The third kappa shape index (κ3) is 5.19. The Morgan fingerprint density at radius 2 is 1.85 bits per heavy atom. The SMILES string of the molecule is CCCCN(CC)c1nc(NCCC)nc(OCC)n1. The first-order valence-electron chi connectivity index (χ1n) is 7.62. The minimum atomic E-state index is 0.394. The average Bonchev–Trinajstić information content (AvgIpc) is 2.46. The maximum absolute atomic E-state index is 5.44. The van der Waals surface area contributed by atoms with Crippen LogP contribution in [0.1, 0.15) is 47.0 Å². The molecule has 0 aliphatic rings. The molecule has 0 amide bonds. The van der Waals surface area contributed by atoms with Crippen molar-refractivity contribution < 1.29 is 4.74 Å². The molecule has 0 saturated carbocycles. The minimum absolute atomic E-state index is 0.394. The lowest BCUT2D eigenvalue weighted by molar-refractivity contribution is 0.312. The van der Waals surface area contributed by atoms with Crippen molar-refractivity contribution in [3.8, 4) is 6.01 Å². The summed E-state index contributed by atoms with van der Waals surface area (Å²) >= 11 is 0. The highest BCUT2D eigenvalue weighted by atomic mass is 16.5. The summed E-state index contributed by atoms with van der Waals surface area (Å²) in [6.07, 6.45) is 3.31. The van der Waals surface area contributed by atoms with Crippen molar-refractivity contribution in [3.63, 3.8) is 0 Å². The standard InChI is InChI=1S/C14H27N5O/c1-5-9-11-19(7-3)13-16-12(15-10-6-2)17-14(18-13)20-8-4/h5-11H2,1-4H3,(H,15,16,17,18). The first-order valence-corrected chi connectivity index (χ1v) is 7.62. The molecule has 0 radical (unpaired) electrons. The largest absolute Gasteiger partial charge is 0.464 e. The lowest BCUT2D eigenvalue weighted by Crippen LogP contribution is -2.27. The first-order chi connectivity index (χ1) is 9.74. The summed E-state index contributed by atoms with van der Waals surface area (Å²) in [4.78, 5) is 15.3. The number of aromatic nitrogens is 3. The molecule has 0 spiro atoms. The summed E-state index contributed by atoms with van der Waals surface area (Å²) in [6, 6.07) is 0.394. The topological polar surface area (TPSA) is 63.2 Å². The molecule has 1 heterocycles. The zero-order chi connectivity index (χ0) is 14.8. The third-order valence-corrected chi connectivity index (χ3v) is 2.86. The summed E-state index contributed by atoms with van der Waals surface area (Å²) < 4.78 is 5.44. The predicted octanol–water partition coefficient (Wildman–Crippen LogP) is 2.72. The van der Waals surface area contributed by atoms with E-state index in [0.29, 0.717) is 24.5 Å². The van der Waals surface area contributed by atoms with E-state index in [1.165, 1.54) is 0 Å². The molecule has 0 aliphatic heterocycles. The van der Waals surface area contributed by atoms with Gasteiger partial charge in [-0.25, -0.2) is 0 Å². The van der Waals surface area contributed by atoms with Gasteiger partial charge in [-0.15, -0.1) is 0 Å². The number of unbranched alkanes of at least 4 members (excludes halogenated alkanes) is 1. The van der Waals surface area contributed by atoms with Gasteiger partial charge in [0.25, 0.3) is 0 Å². The lowest BCUT2D eigenvalue weighted by atomic mass is 10.3. The van der Waals surface area contributed by atoms with E-state index in [0.717, 1.165) is 38.9 Å². The van der Waals surface area contributed by atoms with Crippen LogP contribution >= 0.6 is 0 Å². The average molecular weight is 281 g/mol. The molecule has 6 heteroatoms. The molecule has 0 aliphatic carbocycles. The van der Waals surface area contributed by atoms with Crippen molar-refractivity contribution in [2.75, 3.05) is 36.5 Å². The zero-order valence-corrected chi connectivity index (χ0v) is 13.1. The Balaban J connectivity index is 2.92.